The summed E-state index contributed by atoms with van der Waals surface area (Å²) in [6.07, 6.45) is -4.44. The zero-order valence-electron chi connectivity index (χ0n) is 11.8. The number of nitrogens with zero attached hydrogens (tertiary/aromatic N) is 1. The summed E-state index contributed by atoms with van der Waals surface area (Å²) in [7, 11) is 1.41. The number of para-hydroxylation sites is 1. The number of anilines is 1. The van der Waals surface area contributed by atoms with Crippen LogP contribution in [-0.2, 0) is 11.0 Å². The molecular formula is C16H14F3NO2. The lowest BCUT2D eigenvalue weighted by molar-refractivity contribution is -0.137. The summed E-state index contributed by atoms with van der Waals surface area (Å²) in [5, 5.41) is 0. The molecule has 0 fully saturated rings. The second-order valence-electron chi connectivity index (χ2n) is 4.60. The highest BCUT2D eigenvalue weighted by Crippen LogP contribution is 2.31. The van der Waals surface area contributed by atoms with Crippen molar-refractivity contribution < 1.29 is 22.7 Å². The lowest BCUT2D eigenvalue weighted by Crippen LogP contribution is -2.31. The van der Waals surface area contributed by atoms with E-state index < -0.39 is 17.6 Å². The third-order valence-corrected chi connectivity index (χ3v) is 3.04. The zero-order chi connectivity index (χ0) is 16.2. The maximum Gasteiger partial charge on any atom is 0.416 e. The van der Waals surface area contributed by atoms with Crippen molar-refractivity contribution in [2.75, 3.05) is 18.6 Å². The third kappa shape index (κ3) is 4.00. The van der Waals surface area contributed by atoms with Crippen LogP contribution in [0.2, 0.25) is 0 Å². The fraction of sp³-hybridized carbons (Fsp3) is 0.188. The van der Waals surface area contributed by atoms with E-state index in [9.17, 15) is 18.0 Å². The average molecular weight is 309 g/mol. The van der Waals surface area contributed by atoms with Gasteiger partial charge in [0.15, 0.2) is 6.61 Å². The molecule has 22 heavy (non-hydrogen) atoms. The van der Waals surface area contributed by atoms with E-state index >= 15 is 0 Å². The third-order valence-electron chi connectivity index (χ3n) is 3.04. The van der Waals surface area contributed by atoms with Crippen LogP contribution in [0.4, 0.5) is 18.9 Å². The van der Waals surface area contributed by atoms with Gasteiger partial charge in [0, 0.05) is 12.7 Å². The first-order valence-corrected chi connectivity index (χ1v) is 6.49. The molecule has 0 N–H and O–H groups in total. The molecule has 1 amide bonds. The Morgan fingerprint density at radius 1 is 1.09 bits per heavy atom. The number of hydrogen-bond donors (Lipinski definition) is 0. The van der Waals surface area contributed by atoms with Gasteiger partial charge in [0.1, 0.15) is 5.75 Å². The van der Waals surface area contributed by atoms with Crippen LogP contribution in [0.15, 0.2) is 54.6 Å². The maximum absolute atomic E-state index is 12.7. The quantitative estimate of drug-likeness (QED) is 0.861. The minimum Gasteiger partial charge on any atom is -0.484 e. The Balaban J connectivity index is 2.04. The number of benzene rings is 2. The maximum atomic E-state index is 12.7. The highest BCUT2D eigenvalue weighted by atomic mass is 19.4. The summed E-state index contributed by atoms with van der Waals surface area (Å²) in [6.45, 7) is -0.253. The Kier molecular flexibility index (Phi) is 4.70. The summed E-state index contributed by atoms with van der Waals surface area (Å²) < 4.78 is 43.3. The highest BCUT2D eigenvalue weighted by molar-refractivity contribution is 5.94. The van der Waals surface area contributed by atoms with E-state index in [4.69, 9.17) is 4.74 Å². The Labute approximate surface area is 125 Å². The number of amides is 1. The number of halogens is 3. The normalized spacial score (nSPS) is 11.1. The minimum atomic E-state index is -4.44. The molecule has 3 nitrogen and oxygen atoms in total. The van der Waals surface area contributed by atoms with Crippen LogP contribution in [0.1, 0.15) is 5.56 Å². The summed E-state index contributed by atoms with van der Waals surface area (Å²) in [5.41, 5.74) is -0.634. The van der Waals surface area contributed by atoms with Crippen molar-refractivity contribution in [1.82, 2.24) is 0 Å². The molecule has 6 heteroatoms. The predicted molar refractivity (Wildman–Crippen MR) is 76.8 cm³/mol. The van der Waals surface area contributed by atoms with Crippen molar-refractivity contribution in [2.24, 2.45) is 0 Å². The van der Waals surface area contributed by atoms with E-state index in [1.165, 1.54) is 19.2 Å². The molecule has 0 aliphatic carbocycles. The van der Waals surface area contributed by atoms with Crippen molar-refractivity contribution in [3.8, 4) is 5.75 Å². The molecule has 2 rings (SSSR count). The number of carbonyl (C=O) groups excluding carboxylic acids is 1. The van der Waals surface area contributed by atoms with Gasteiger partial charge in [0.05, 0.1) is 5.56 Å². The molecule has 0 unspecified atom stereocenters. The summed E-state index contributed by atoms with van der Waals surface area (Å²) in [4.78, 5) is 13.1. The second-order valence-corrected chi connectivity index (χ2v) is 4.60. The van der Waals surface area contributed by atoms with E-state index in [1.54, 1.807) is 24.3 Å². The Bertz CT molecular complexity index is 641. The van der Waals surface area contributed by atoms with Crippen LogP contribution in [0.3, 0.4) is 0 Å². The molecule has 0 heterocycles. The smallest absolute Gasteiger partial charge is 0.416 e. The molecule has 116 valence electrons. The summed E-state index contributed by atoms with van der Waals surface area (Å²) in [6, 6.07) is 13.3. The number of alkyl halides is 3. The Morgan fingerprint density at radius 3 is 2.41 bits per heavy atom. The molecule has 0 aliphatic rings. The average Bonchev–Trinajstić information content (AvgIpc) is 2.52. The Morgan fingerprint density at radius 2 is 1.77 bits per heavy atom. The molecule has 0 atom stereocenters. The highest BCUT2D eigenvalue weighted by Gasteiger charge is 2.30. The zero-order valence-corrected chi connectivity index (χ0v) is 11.8. The first-order chi connectivity index (χ1) is 10.4. The lowest BCUT2D eigenvalue weighted by atomic mass is 10.2. The molecule has 0 saturated carbocycles. The van der Waals surface area contributed by atoms with Gasteiger partial charge in [-0.2, -0.15) is 13.2 Å². The van der Waals surface area contributed by atoms with E-state index in [0.29, 0.717) is 5.75 Å². The van der Waals surface area contributed by atoms with E-state index in [-0.39, 0.29) is 12.3 Å². The molecule has 0 spiro atoms. The van der Waals surface area contributed by atoms with Gasteiger partial charge in [-0.1, -0.05) is 24.3 Å². The molecule has 0 aliphatic heterocycles. The largest absolute Gasteiger partial charge is 0.484 e. The van der Waals surface area contributed by atoms with Crippen molar-refractivity contribution in [1.29, 1.82) is 0 Å². The molecule has 0 bridgehead atoms. The van der Waals surface area contributed by atoms with Crippen molar-refractivity contribution in [2.45, 2.75) is 6.18 Å². The number of carbonyl (C=O) groups is 1. The number of ether oxygens (including phenoxy) is 1. The van der Waals surface area contributed by atoms with Gasteiger partial charge in [-0.15, -0.1) is 0 Å². The first kappa shape index (κ1) is 15.9. The van der Waals surface area contributed by atoms with Gasteiger partial charge in [0.2, 0.25) is 0 Å². The second kappa shape index (κ2) is 6.51. The van der Waals surface area contributed by atoms with Gasteiger partial charge in [-0.25, -0.2) is 0 Å². The fourth-order valence-corrected chi connectivity index (χ4v) is 1.79. The van der Waals surface area contributed by atoms with Gasteiger partial charge >= 0.3 is 6.18 Å². The van der Waals surface area contributed by atoms with Crippen molar-refractivity contribution in [3.05, 3.63) is 60.2 Å². The monoisotopic (exact) mass is 309 g/mol. The van der Waals surface area contributed by atoms with Crippen LogP contribution < -0.4 is 9.64 Å². The van der Waals surface area contributed by atoms with Crippen LogP contribution >= 0.6 is 0 Å². The van der Waals surface area contributed by atoms with Gasteiger partial charge < -0.3 is 9.64 Å². The fourth-order valence-electron chi connectivity index (χ4n) is 1.79. The van der Waals surface area contributed by atoms with Gasteiger partial charge in [-0.3, -0.25) is 4.79 Å². The first-order valence-electron chi connectivity index (χ1n) is 6.49. The van der Waals surface area contributed by atoms with E-state index in [1.807, 2.05) is 6.07 Å². The number of likely N-dealkylation sites (N-methyl/N-ethyl adjacent to an activating group) is 1. The summed E-state index contributed by atoms with van der Waals surface area (Å²) >= 11 is 0. The SMILES string of the molecule is CN(C(=O)COc1ccccc1)c1cccc(C(F)(F)F)c1. The van der Waals surface area contributed by atoms with E-state index in [2.05, 4.69) is 0 Å². The molecule has 0 aromatic heterocycles. The number of rotatable bonds is 4. The lowest BCUT2D eigenvalue weighted by Gasteiger charge is -2.19. The molecule has 2 aromatic rings. The molecule has 0 radical (unpaired) electrons. The summed E-state index contributed by atoms with van der Waals surface area (Å²) in [5.74, 6) is 0.0801. The number of hydrogen-bond acceptors (Lipinski definition) is 2. The van der Waals surface area contributed by atoms with Gasteiger partial charge in [-0.05, 0) is 30.3 Å². The molecular weight excluding hydrogens is 295 g/mol. The predicted octanol–water partition coefficient (Wildman–Crippen LogP) is 3.75. The van der Waals surface area contributed by atoms with Crippen LogP contribution in [-0.4, -0.2) is 19.6 Å². The molecule has 2 aromatic carbocycles. The Hall–Kier alpha value is -2.50. The van der Waals surface area contributed by atoms with Crippen LogP contribution in [0.5, 0.6) is 5.75 Å². The minimum absolute atomic E-state index is 0.163. The van der Waals surface area contributed by atoms with Crippen LogP contribution in [0.25, 0.3) is 0 Å². The van der Waals surface area contributed by atoms with Crippen LogP contribution in [0, 0.1) is 0 Å². The van der Waals surface area contributed by atoms with E-state index in [0.717, 1.165) is 17.0 Å². The molecule has 0 saturated heterocycles. The van der Waals surface area contributed by atoms with Gasteiger partial charge in [0.25, 0.3) is 5.91 Å². The van der Waals surface area contributed by atoms with Crippen molar-refractivity contribution >= 4 is 11.6 Å². The standard InChI is InChI=1S/C16H14F3NO2/c1-20(13-7-5-6-12(10-13)16(17,18)19)15(21)11-22-14-8-3-2-4-9-14/h2-10H,11H2,1H3. The topological polar surface area (TPSA) is 29.5 Å². The van der Waals surface area contributed by atoms with Crippen molar-refractivity contribution in [3.63, 3.8) is 0 Å².